The van der Waals surface area contributed by atoms with Crippen LogP contribution in [0.15, 0.2) is 0 Å². The number of hydrogen-bond acceptors (Lipinski definition) is 4. The van der Waals surface area contributed by atoms with Crippen molar-refractivity contribution in [3.63, 3.8) is 0 Å². The van der Waals surface area contributed by atoms with Crippen LogP contribution in [0.3, 0.4) is 0 Å². The Labute approximate surface area is 103 Å². The lowest BCUT2D eigenvalue weighted by molar-refractivity contribution is 0.0996. The molecule has 0 amide bonds. The molecule has 2 aliphatic heterocycles. The third-order valence-corrected chi connectivity index (χ3v) is 4.81. The maximum atomic E-state index is 11.8. The van der Waals surface area contributed by atoms with Crippen molar-refractivity contribution in [2.45, 2.75) is 50.9 Å². The maximum Gasteiger partial charge on any atom is 0.213 e. The van der Waals surface area contributed by atoms with Crippen molar-refractivity contribution >= 4 is 10.0 Å². The lowest BCUT2D eigenvalue weighted by Gasteiger charge is -2.19. The SMILES string of the molecule is CCCNCCS(=O)(=O)NC1CC2CCC1O2. The molecular formula is C11H22N2O3S. The highest BCUT2D eigenvalue weighted by Gasteiger charge is 2.42. The van der Waals surface area contributed by atoms with Gasteiger partial charge in [0, 0.05) is 6.54 Å². The molecule has 0 spiro atoms. The molecule has 3 unspecified atom stereocenters. The van der Waals surface area contributed by atoms with E-state index in [9.17, 15) is 8.42 Å². The van der Waals surface area contributed by atoms with Crippen molar-refractivity contribution < 1.29 is 13.2 Å². The molecule has 100 valence electrons. The topological polar surface area (TPSA) is 67.4 Å². The molecule has 2 rings (SSSR count). The molecule has 2 fully saturated rings. The van der Waals surface area contributed by atoms with Crippen molar-refractivity contribution in [3.8, 4) is 0 Å². The molecule has 6 heteroatoms. The van der Waals surface area contributed by atoms with Gasteiger partial charge in [0.25, 0.3) is 0 Å². The predicted molar refractivity (Wildman–Crippen MR) is 66.4 cm³/mol. The molecular weight excluding hydrogens is 240 g/mol. The summed E-state index contributed by atoms with van der Waals surface area (Å²) in [5.74, 6) is 0.154. The van der Waals surface area contributed by atoms with Gasteiger partial charge in [-0.25, -0.2) is 13.1 Å². The van der Waals surface area contributed by atoms with Crippen molar-refractivity contribution in [2.75, 3.05) is 18.8 Å². The summed E-state index contributed by atoms with van der Waals surface area (Å²) in [6.07, 6.45) is 4.33. The summed E-state index contributed by atoms with van der Waals surface area (Å²) >= 11 is 0. The Hall–Kier alpha value is -0.170. The van der Waals surface area contributed by atoms with Crippen LogP contribution in [0.4, 0.5) is 0 Å². The molecule has 2 N–H and O–H groups in total. The van der Waals surface area contributed by atoms with Gasteiger partial charge in [-0.05, 0) is 32.2 Å². The number of fused-ring (bicyclic) bond motifs is 2. The molecule has 0 aromatic carbocycles. The van der Waals surface area contributed by atoms with E-state index in [1.807, 2.05) is 0 Å². The number of nitrogens with one attached hydrogen (secondary N) is 2. The lowest BCUT2D eigenvalue weighted by Crippen LogP contribution is -2.43. The summed E-state index contributed by atoms with van der Waals surface area (Å²) in [6.45, 7) is 3.45. The first-order valence-corrected chi connectivity index (χ1v) is 8.12. The van der Waals surface area contributed by atoms with Crippen molar-refractivity contribution in [2.24, 2.45) is 0 Å². The summed E-state index contributed by atoms with van der Waals surface area (Å²) in [4.78, 5) is 0. The van der Waals surface area contributed by atoms with E-state index < -0.39 is 10.0 Å². The van der Waals surface area contributed by atoms with Gasteiger partial charge in [0.1, 0.15) is 0 Å². The second-order valence-corrected chi connectivity index (χ2v) is 6.78. The second-order valence-electron chi connectivity index (χ2n) is 4.90. The van der Waals surface area contributed by atoms with Gasteiger partial charge in [0.2, 0.25) is 10.0 Å². The minimum atomic E-state index is -3.16. The number of hydrogen-bond donors (Lipinski definition) is 2. The van der Waals surface area contributed by atoms with Crippen LogP contribution in [-0.2, 0) is 14.8 Å². The molecule has 3 atom stereocenters. The molecule has 2 bridgehead atoms. The van der Waals surface area contributed by atoms with Crippen LogP contribution in [0.5, 0.6) is 0 Å². The minimum absolute atomic E-state index is 0.00456. The molecule has 2 heterocycles. The van der Waals surface area contributed by atoms with E-state index in [1.54, 1.807) is 0 Å². The standard InChI is InChI=1S/C11H22N2O3S/c1-2-5-12-6-7-17(14,15)13-10-8-9-3-4-11(10)16-9/h9-13H,2-8H2,1H3. The summed E-state index contributed by atoms with van der Waals surface area (Å²) < 4.78 is 32.0. The van der Waals surface area contributed by atoms with E-state index >= 15 is 0 Å². The minimum Gasteiger partial charge on any atom is -0.373 e. The first kappa shape index (κ1) is 13.3. The van der Waals surface area contributed by atoms with Crippen molar-refractivity contribution in [3.05, 3.63) is 0 Å². The van der Waals surface area contributed by atoms with Gasteiger partial charge in [0.05, 0.1) is 24.0 Å². The highest BCUT2D eigenvalue weighted by atomic mass is 32.2. The van der Waals surface area contributed by atoms with Crippen molar-refractivity contribution in [1.82, 2.24) is 10.0 Å². The van der Waals surface area contributed by atoms with Gasteiger partial charge in [-0.2, -0.15) is 0 Å². The summed E-state index contributed by atoms with van der Waals surface area (Å²) in [7, 11) is -3.16. The van der Waals surface area contributed by atoms with E-state index in [-0.39, 0.29) is 24.0 Å². The molecule has 2 saturated heterocycles. The van der Waals surface area contributed by atoms with Crippen LogP contribution in [0.1, 0.15) is 32.6 Å². The van der Waals surface area contributed by atoms with Gasteiger partial charge >= 0.3 is 0 Å². The van der Waals surface area contributed by atoms with E-state index in [1.165, 1.54) is 0 Å². The van der Waals surface area contributed by atoms with Crippen LogP contribution >= 0.6 is 0 Å². The third kappa shape index (κ3) is 3.64. The molecule has 0 aromatic rings. The van der Waals surface area contributed by atoms with Crippen LogP contribution < -0.4 is 10.0 Å². The van der Waals surface area contributed by atoms with Crippen LogP contribution in [0.2, 0.25) is 0 Å². The zero-order valence-corrected chi connectivity index (χ0v) is 11.1. The number of sulfonamides is 1. The van der Waals surface area contributed by atoms with Crippen LogP contribution in [0.25, 0.3) is 0 Å². The van der Waals surface area contributed by atoms with Gasteiger partial charge in [-0.1, -0.05) is 6.92 Å². The molecule has 5 nitrogen and oxygen atoms in total. The highest BCUT2D eigenvalue weighted by Crippen LogP contribution is 2.34. The van der Waals surface area contributed by atoms with Crippen molar-refractivity contribution in [1.29, 1.82) is 0 Å². The maximum absolute atomic E-state index is 11.8. The normalized spacial score (nSPS) is 32.2. The molecule has 2 aliphatic rings. The molecule has 0 saturated carbocycles. The smallest absolute Gasteiger partial charge is 0.213 e. The zero-order valence-electron chi connectivity index (χ0n) is 10.3. The fourth-order valence-electron chi connectivity index (χ4n) is 2.56. The number of rotatable bonds is 7. The Balaban J connectivity index is 1.73. The fourth-order valence-corrected chi connectivity index (χ4v) is 3.80. The average Bonchev–Trinajstić information content (AvgIpc) is 2.85. The van der Waals surface area contributed by atoms with Gasteiger partial charge in [0.15, 0.2) is 0 Å². The zero-order chi connectivity index (χ0) is 12.3. The molecule has 0 aromatic heterocycles. The Bertz CT molecular complexity index is 345. The first-order valence-electron chi connectivity index (χ1n) is 6.47. The monoisotopic (exact) mass is 262 g/mol. The van der Waals surface area contributed by atoms with Gasteiger partial charge < -0.3 is 10.1 Å². The van der Waals surface area contributed by atoms with E-state index in [0.29, 0.717) is 6.54 Å². The summed E-state index contributed by atoms with van der Waals surface area (Å²) in [5, 5.41) is 3.10. The van der Waals surface area contributed by atoms with Gasteiger partial charge in [-0.3, -0.25) is 0 Å². The Kier molecular flexibility index (Phi) is 4.41. The van der Waals surface area contributed by atoms with E-state index in [0.717, 1.165) is 32.2 Å². The average molecular weight is 262 g/mol. The summed E-state index contributed by atoms with van der Waals surface area (Å²) in [5.41, 5.74) is 0. The molecule has 17 heavy (non-hydrogen) atoms. The predicted octanol–water partition coefficient (Wildman–Crippen LogP) is 0.225. The van der Waals surface area contributed by atoms with E-state index in [4.69, 9.17) is 4.74 Å². The lowest BCUT2D eigenvalue weighted by atomic mass is 9.96. The highest BCUT2D eigenvalue weighted by molar-refractivity contribution is 7.89. The van der Waals surface area contributed by atoms with Crippen LogP contribution in [0, 0.1) is 0 Å². The Morgan fingerprint density at radius 3 is 2.71 bits per heavy atom. The molecule has 0 aliphatic carbocycles. The second kappa shape index (κ2) is 5.65. The first-order chi connectivity index (χ1) is 8.11. The van der Waals surface area contributed by atoms with Crippen LogP contribution in [-0.4, -0.2) is 45.5 Å². The number of ether oxygens (including phenoxy) is 1. The Morgan fingerprint density at radius 2 is 2.12 bits per heavy atom. The quantitative estimate of drug-likeness (QED) is 0.644. The summed E-state index contributed by atoms with van der Waals surface area (Å²) in [6, 6.07) is 0.00456. The Morgan fingerprint density at radius 1 is 1.29 bits per heavy atom. The van der Waals surface area contributed by atoms with Gasteiger partial charge in [-0.15, -0.1) is 0 Å². The molecule has 0 radical (unpaired) electrons. The largest absolute Gasteiger partial charge is 0.373 e. The fraction of sp³-hybridized carbons (Fsp3) is 1.00. The van der Waals surface area contributed by atoms with E-state index in [2.05, 4.69) is 17.0 Å². The third-order valence-electron chi connectivity index (χ3n) is 3.41.